The molecule has 0 saturated carbocycles. The highest BCUT2D eigenvalue weighted by Crippen LogP contribution is 2.08. The summed E-state index contributed by atoms with van der Waals surface area (Å²) in [7, 11) is 1.77. The zero-order chi connectivity index (χ0) is 7.56. The summed E-state index contributed by atoms with van der Waals surface area (Å²) in [4.78, 5) is 0. The minimum Gasteiger partial charge on any atom is -0.376 e. The molecule has 0 fully saturated rings. The number of aryl methyl sites for hydroxylation is 1. The van der Waals surface area contributed by atoms with Crippen LogP contribution in [0.1, 0.15) is 11.7 Å². The van der Waals surface area contributed by atoms with Crippen molar-refractivity contribution in [3.05, 3.63) is 18.0 Å². The lowest BCUT2D eigenvalue weighted by molar-refractivity contribution is 0.238. The van der Waals surface area contributed by atoms with Crippen molar-refractivity contribution >= 4 is 0 Å². The van der Waals surface area contributed by atoms with Crippen LogP contribution in [0.3, 0.4) is 0 Å². The zero-order valence-corrected chi connectivity index (χ0v) is 5.65. The van der Waals surface area contributed by atoms with E-state index >= 15 is 0 Å². The summed E-state index contributed by atoms with van der Waals surface area (Å²) in [6.45, 7) is 0. The Hall–Kier alpha value is -1.27. The summed E-state index contributed by atoms with van der Waals surface area (Å²) in [5, 5.41) is 12.9. The van der Waals surface area contributed by atoms with Crippen molar-refractivity contribution in [3.63, 3.8) is 0 Å². The molecule has 0 amide bonds. The van der Waals surface area contributed by atoms with Gasteiger partial charge in [-0.1, -0.05) is 5.92 Å². The topological polar surface area (TPSA) is 38.1 Å². The van der Waals surface area contributed by atoms with Crippen LogP contribution in [-0.4, -0.2) is 14.9 Å². The third kappa shape index (κ3) is 1.17. The molecule has 0 spiro atoms. The monoisotopic (exact) mass is 136 g/mol. The molecule has 0 aliphatic heterocycles. The molecule has 3 heteroatoms. The molecule has 0 bridgehead atoms. The van der Waals surface area contributed by atoms with Gasteiger partial charge in [0.1, 0.15) is 6.10 Å². The van der Waals surface area contributed by atoms with Gasteiger partial charge >= 0.3 is 0 Å². The summed E-state index contributed by atoms with van der Waals surface area (Å²) >= 11 is 0. The van der Waals surface area contributed by atoms with Crippen LogP contribution in [0.25, 0.3) is 0 Å². The van der Waals surface area contributed by atoms with E-state index in [2.05, 4.69) is 11.0 Å². The van der Waals surface area contributed by atoms with Crippen molar-refractivity contribution in [3.8, 4) is 12.3 Å². The minimum atomic E-state index is -0.825. The van der Waals surface area contributed by atoms with Gasteiger partial charge < -0.3 is 5.11 Å². The molecule has 1 aromatic heterocycles. The van der Waals surface area contributed by atoms with Crippen molar-refractivity contribution in [1.29, 1.82) is 0 Å². The first-order valence-electron chi connectivity index (χ1n) is 2.87. The van der Waals surface area contributed by atoms with E-state index in [4.69, 9.17) is 11.5 Å². The first-order chi connectivity index (χ1) is 4.74. The molecular weight excluding hydrogens is 128 g/mol. The molecule has 0 radical (unpaired) electrons. The summed E-state index contributed by atoms with van der Waals surface area (Å²) in [5.74, 6) is 2.20. The molecule has 0 saturated heterocycles. The Kier molecular flexibility index (Phi) is 1.74. The molecule has 1 rings (SSSR count). The Balaban J connectivity index is 2.87. The molecule has 3 nitrogen and oxygen atoms in total. The number of rotatable bonds is 1. The fourth-order valence-corrected chi connectivity index (χ4v) is 0.678. The number of aliphatic hydroxyl groups is 1. The van der Waals surface area contributed by atoms with E-state index in [1.807, 2.05) is 0 Å². The van der Waals surface area contributed by atoms with E-state index in [1.54, 1.807) is 24.1 Å². The number of aromatic nitrogens is 2. The smallest absolute Gasteiger partial charge is 0.143 e. The van der Waals surface area contributed by atoms with Crippen molar-refractivity contribution in [2.45, 2.75) is 6.10 Å². The van der Waals surface area contributed by atoms with Crippen LogP contribution in [0.15, 0.2) is 12.4 Å². The largest absolute Gasteiger partial charge is 0.376 e. The van der Waals surface area contributed by atoms with Crippen LogP contribution >= 0.6 is 0 Å². The zero-order valence-electron chi connectivity index (χ0n) is 5.65. The molecule has 1 aromatic rings. The number of hydrogen-bond acceptors (Lipinski definition) is 2. The second-order valence-electron chi connectivity index (χ2n) is 2.02. The van der Waals surface area contributed by atoms with E-state index < -0.39 is 6.10 Å². The number of hydrogen-bond donors (Lipinski definition) is 1. The minimum absolute atomic E-state index is 0.657. The maximum absolute atomic E-state index is 9.05. The average molecular weight is 136 g/mol. The van der Waals surface area contributed by atoms with E-state index in [-0.39, 0.29) is 0 Å². The van der Waals surface area contributed by atoms with Gasteiger partial charge in [-0.25, -0.2) is 0 Å². The predicted octanol–water partition coefficient (Wildman–Crippen LogP) is 0.0867. The Morgan fingerprint density at radius 3 is 3.00 bits per heavy atom. The molecule has 0 aliphatic rings. The van der Waals surface area contributed by atoms with Gasteiger partial charge in [0.25, 0.3) is 0 Å². The van der Waals surface area contributed by atoms with E-state index in [0.29, 0.717) is 5.56 Å². The number of terminal acetylenes is 1. The second kappa shape index (κ2) is 2.54. The summed E-state index contributed by atoms with van der Waals surface area (Å²) in [5.41, 5.74) is 0.657. The fraction of sp³-hybridized carbons (Fsp3) is 0.286. The van der Waals surface area contributed by atoms with Crippen LogP contribution in [0.2, 0.25) is 0 Å². The van der Waals surface area contributed by atoms with E-state index in [0.717, 1.165) is 0 Å². The molecule has 10 heavy (non-hydrogen) atoms. The molecule has 0 unspecified atom stereocenters. The van der Waals surface area contributed by atoms with Crippen LogP contribution in [0, 0.1) is 12.3 Å². The van der Waals surface area contributed by atoms with Crippen LogP contribution in [0.5, 0.6) is 0 Å². The Bertz CT molecular complexity index is 259. The standard InChI is InChI=1S/C7H8N2O/c1-3-7(10)6-4-8-9(2)5-6/h1,4-5,7,10H,2H3/t7-/m0/s1. The molecule has 0 aromatic carbocycles. The highest BCUT2D eigenvalue weighted by Gasteiger charge is 2.03. The van der Waals surface area contributed by atoms with Gasteiger partial charge in [-0.2, -0.15) is 5.10 Å². The average Bonchev–Trinajstić information content (AvgIpc) is 2.34. The van der Waals surface area contributed by atoms with Crippen LogP contribution < -0.4 is 0 Å². The van der Waals surface area contributed by atoms with Gasteiger partial charge in [0.15, 0.2) is 0 Å². The SMILES string of the molecule is C#C[C@H](O)c1cnn(C)c1. The quantitative estimate of drug-likeness (QED) is 0.555. The van der Waals surface area contributed by atoms with E-state index in [1.165, 1.54) is 0 Å². The van der Waals surface area contributed by atoms with Gasteiger partial charge in [-0.15, -0.1) is 6.42 Å². The first kappa shape index (κ1) is 6.84. The highest BCUT2D eigenvalue weighted by atomic mass is 16.3. The fourth-order valence-electron chi connectivity index (χ4n) is 0.678. The molecular formula is C7H8N2O. The van der Waals surface area contributed by atoms with Crippen molar-refractivity contribution in [2.75, 3.05) is 0 Å². The van der Waals surface area contributed by atoms with Gasteiger partial charge in [0, 0.05) is 18.8 Å². The van der Waals surface area contributed by atoms with Crippen LogP contribution in [-0.2, 0) is 7.05 Å². The van der Waals surface area contributed by atoms with Crippen molar-refractivity contribution in [1.82, 2.24) is 9.78 Å². The van der Waals surface area contributed by atoms with E-state index in [9.17, 15) is 0 Å². The lowest BCUT2D eigenvalue weighted by Gasteiger charge is -1.94. The molecule has 1 N–H and O–H groups in total. The normalized spacial score (nSPS) is 12.5. The third-order valence-electron chi connectivity index (χ3n) is 1.20. The summed E-state index contributed by atoms with van der Waals surface area (Å²) in [6, 6.07) is 0. The maximum Gasteiger partial charge on any atom is 0.143 e. The summed E-state index contributed by atoms with van der Waals surface area (Å²) in [6.07, 6.45) is 7.38. The molecule has 1 atom stereocenters. The lowest BCUT2D eigenvalue weighted by atomic mass is 10.2. The molecule has 1 heterocycles. The number of aliphatic hydroxyl groups excluding tert-OH is 1. The van der Waals surface area contributed by atoms with Crippen LogP contribution in [0.4, 0.5) is 0 Å². The van der Waals surface area contributed by atoms with Gasteiger partial charge in [0.2, 0.25) is 0 Å². The maximum atomic E-state index is 9.05. The van der Waals surface area contributed by atoms with Gasteiger partial charge in [0.05, 0.1) is 6.20 Å². The van der Waals surface area contributed by atoms with Crippen molar-refractivity contribution < 1.29 is 5.11 Å². The first-order valence-corrected chi connectivity index (χ1v) is 2.87. The highest BCUT2D eigenvalue weighted by molar-refractivity contribution is 5.16. The molecule has 0 aliphatic carbocycles. The van der Waals surface area contributed by atoms with Gasteiger partial charge in [-0.05, 0) is 0 Å². The predicted molar refractivity (Wildman–Crippen MR) is 37.0 cm³/mol. The molecule has 52 valence electrons. The lowest BCUT2D eigenvalue weighted by Crippen LogP contribution is -1.90. The Labute approximate surface area is 59.3 Å². The second-order valence-corrected chi connectivity index (χ2v) is 2.02. The Morgan fingerprint density at radius 1 is 1.90 bits per heavy atom. The summed E-state index contributed by atoms with van der Waals surface area (Å²) < 4.78 is 1.59. The van der Waals surface area contributed by atoms with Gasteiger partial charge in [-0.3, -0.25) is 4.68 Å². The third-order valence-corrected chi connectivity index (χ3v) is 1.20. The Morgan fingerprint density at radius 2 is 2.60 bits per heavy atom. The van der Waals surface area contributed by atoms with Crippen molar-refractivity contribution in [2.24, 2.45) is 7.05 Å². The number of nitrogens with zero attached hydrogens (tertiary/aromatic N) is 2.